The van der Waals surface area contributed by atoms with Gasteiger partial charge in [-0.1, -0.05) is 31.1 Å². The minimum atomic E-state index is -4.02. The first-order valence-corrected chi connectivity index (χ1v) is 25.0. The molecule has 0 radical (unpaired) electrons. The zero-order chi connectivity index (χ0) is 42.7. The quantitative estimate of drug-likeness (QED) is 0.0838. The molecule has 1 aromatic carbocycles. The summed E-state index contributed by atoms with van der Waals surface area (Å²) in [7, 11) is -2.43. The lowest BCUT2D eigenvalue weighted by Crippen LogP contribution is -2.55. The molecule has 326 valence electrons. The molecular formula is C44H55N6O8PS2. The van der Waals surface area contributed by atoms with Crippen LogP contribution in [0.15, 0.2) is 59.3 Å². The molecule has 1 saturated heterocycles. The molecular weight excluding hydrogens is 836 g/mol. The number of amides is 3. The first-order valence-electron chi connectivity index (χ1n) is 21.4. The van der Waals surface area contributed by atoms with E-state index in [1.165, 1.54) is 27.6 Å². The van der Waals surface area contributed by atoms with E-state index in [4.69, 9.17) is 24.2 Å². The summed E-state index contributed by atoms with van der Waals surface area (Å²) in [5.74, 6) is -0.188. The van der Waals surface area contributed by atoms with Crippen molar-refractivity contribution in [2.45, 2.75) is 126 Å². The lowest BCUT2D eigenvalue weighted by molar-refractivity contribution is -0.140. The number of benzene rings is 1. The second kappa shape index (κ2) is 18.5. The summed E-state index contributed by atoms with van der Waals surface area (Å²) in [6, 6.07) is 9.20. The van der Waals surface area contributed by atoms with Gasteiger partial charge in [-0.2, -0.15) is 0 Å². The molecule has 3 fully saturated rings. The van der Waals surface area contributed by atoms with E-state index in [2.05, 4.69) is 16.0 Å². The summed E-state index contributed by atoms with van der Waals surface area (Å²) >= 11 is 2.88. The maximum Gasteiger partial charge on any atom is 0.408 e. The Morgan fingerprint density at radius 1 is 1.05 bits per heavy atom. The van der Waals surface area contributed by atoms with E-state index < -0.39 is 48.7 Å². The summed E-state index contributed by atoms with van der Waals surface area (Å²) in [6.45, 7) is 4.12. The SMILES string of the molecule is COc1ccc2c(O[C@@H]3C[C@H]4C(=O)N[C@]5(P(=O)(O)Cc6cccs6)C[C@H]5/C=C\CCCCCC(NC(=O)OC5CCCC5)C(=O)N4C3)cc(-c3csc(NC(C)C)n3)nc2c1. The molecule has 8 rings (SSSR count). The van der Waals surface area contributed by atoms with E-state index in [9.17, 15) is 23.8 Å². The number of alkyl carbamates (subject to hydrolysis) is 1. The van der Waals surface area contributed by atoms with Gasteiger partial charge in [0.2, 0.25) is 19.2 Å². The van der Waals surface area contributed by atoms with Crippen molar-refractivity contribution in [1.82, 2.24) is 25.5 Å². The van der Waals surface area contributed by atoms with E-state index in [0.29, 0.717) is 53.1 Å². The molecule has 2 unspecified atom stereocenters. The van der Waals surface area contributed by atoms with Crippen LogP contribution >= 0.6 is 30.0 Å². The van der Waals surface area contributed by atoms with Crippen LogP contribution in [0.4, 0.5) is 9.93 Å². The van der Waals surface area contributed by atoms with Gasteiger partial charge in [0.05, 0.1) is 31.0 Å². The van der Waals surface area contributed by atoms with Crippen LogP contribution in [0, 0.1) is 5.92 Å². The highest BCUT2D eigenvalue weighted by molar-refractivity contribution is 7.59. The first kappa shape index (κ1) is 43.2. The summed E-state index contributed by atoms with van der Waals surface area (Å²) in [5, 5.41) is 13.2. The predicted molar refractivity (Wildman–Crippen MR) is 237 cm³/mol. The minimum absolute atomic E-state index is 0.0313. The molecule has 3 amide bonds. The average Bonchev–Trinajstić information content (AvgIpc) is 3.86. The normalized spacial score (nSPS) is 26.3. The Morgan fingerprint density at radius 2 is 1.87 bits per heavy atom. The number of thiophene rings is 1. The zero-order valence-electron chi connectivity index (χ0n) is 34.8. The molecule has 14 nitrogen and oxygen atoms in total. The zero-order valence-corrected chi connectivity index (χ0v) is 37.4. The third kappa shape index (κ3) is 9.77. The number of fused-ring (bicyclic) bond motifs is 3. The Hall–Kier alpha value is -4.50. The Kier molecular flexibility index (Phi) is 13.1. The Morgan fingerprint density at radius 3 is 2.64 bits per heavy atom. The van der Waals surface area contributed by atoms with E-state index in [1.807, 2.05) is 73.2 Å². The van der Waals surface area contributed by atoms with Crippen LogP contribution in [0.5, 0.6) is 11.5 Å². The van der Waals surface area contributed by atoms with E-state index >= 15 is 0 Å². The van der Waals surface area contributed by atoms with Crippen LogP contribution in [-0.4, -0.2) is 86.9 Å². The molecule has 0 spiro atoms. The van der Waals surface area contributed by atoms with Crippen LogP contribution in [0.2, 0.25) is 0 Å². The number of allylic oxidation sites excluding steroid dienone is 1. The summed E-state index contributed by atoms with van der Waals surface area (Å²) < 4.78 is 32.5. The van der Waals surface area contributed by atoms with Gasteiger partial charge in [0.15, 0.2) is 5.13 Å². The van der Waals surface area contributed by atoms with Gasteiger partial charge in [-0.3, -0.25) is 14.2 Å². The summed E-state index contributed by atoms with van der Waals surface area (Å²) in [4.78, 5) is 66.7. The van der Waals surface area contributed by atoms with Gasteiger partial charge in [0, 0.05) is 46.2 Å². The molecule has 4 N–H and O–H groups in total. The molecule has 4 aliphatic rings. The third-order valence-electron chi connectivity index (χ3n) is 12.1. The fourth-order valence-corrected chi connectivity index (χ4v) is 13.2. The summed E-state index contributed by atoms with van der Waals surface area (Å²) in [5.41, 5.74) is 1.85. The average molecular weight is 891 g/mol. The van der Waals surface area contributed by atoms with Crippen molar-refractivity contribution in [3.05, 3.63) is 64.2 Å². The number of aromatic nitrogens is 2. The molecule has 17 heteroatoms. The van der Waals surface area contributed by atoms with Crippen LogP contribution in [0.1, 0.15) is 89.4 Å². The number of nitrogens with one attached hydrogen (secondary N) is 3. The van der Waals surface area contributed by atoms with Crippen molar-refractivity contribution in [3.8, 4) is 22.9 Å². The van der Waals surface area contributed by atoms with Gasteiger partial charge in [-0.05, 0) is 88.8 Å². The minimum Gasteiger partial charge on any atom is -0.497 e. The van der Waals surface area contributed by atoms with Crippen molar-refractivity contribution in [2.24, 2.45) is 5.92 Å². The van der Waals surface area contributed by atoms with Crippen LogP contribution in [-0.2, 0) is 25.1 Å². The van der Waals surface area contributed by atoms with Gasteiger partial charge in [-0.15, -0.1) is 22.7 Å². The Balaban J connectivity index is 1.13. The van der Waals surface area contributed by atoms with E-state index in [-0.39, 0.29) is 37.2 Å². The maximum atomic E-state index is 14.8. The van der Waals surface area contributed by atoms with Crippen molar-refractivity contribution in [3.63, 3.8) is 0 Å². The number of carbonyl (C=O) groups excluding carboxylic acids is 3. The first-order chi connectivity index (χ1) is 29.4. The molecule has 6 atom stereocenters. The smallest absolute Gasteiger partial charge is 0.408 e. The lowest BCUT2D eigenvalue weighted by Gasteiger charge is -2.31. The van der Waals surface area contributed by atoms with Crippen LogP contribution in [0.3, 0.4) is 0 Å². The molecule has 3 aromatic heterocycles. The monoisotopic (exact) mass is 890 g/mol. The van der Waals surface area contributed by atoms with Crippen molar-refractivity contribution in [2.75, 3.05) is 19.0 Å². The van der Waals surface area contributed by atoms with Gasteiger partial charge in [0.25, 0.3) is 0 Å². The molecule has 4 aromatic rings. The fourth-order valence-electron chi connectivity index (χ4n) is 8.82. The number of pyridine rings is 1. The maximum absolute atomic E-state index is 14.8. The Bertz CT molecular complexity index is 2300. The number of rotatable bonds is 11. The Labute approximate surface area is 364 Å². The topological polar surface area (TPSA) is 181 Å². The second-order valence-electron chi connectivity index (χ2n) is 16.9. The number of carbonyl (C=O) groups is 3. The largest absolute Gasteiger partial charge is 0.497 e. The molecule has 2 aliphatic heterocycles. The van der Waals surface area contributed by atoms with Gasteiger partial charge in [-0.25, -0.2) is 14.8 Å². The highest BCUT2D eigenvalue weighted by Crippen LogP contribution is 2.71. The lowest BCUT2D eigenvalue weighted by atomic mass is 10.0. The van der Waals surface area contributed by atoms with Crippen LogP contribution in [0.25, 0.3) is 22.3 Å². The number of thiazole rings is 1. The van der Waals surface area contributed by atoms with Crippen LogP contribution < -0.4 is 25.4 Å². The predicted octanol–water partition coefficient (Wildman–Crippen LogP) is 8.46. The number of hydrogen-bond donors (Lipinski definition) is 4. The number of ether oxygens (including phenoxy) is 3. The number of anilines is 1. The van der Waals surface area contributed by atoms with Gasteiger partial charge in [0.1, 0.15) is 46.8 Å². The molecule has 2 saturated carbocycles. The molecule has 2 aliphatic carbocycles. The summed E-state index contributed by atoms with van der Waals surface area (Å²) in [6.07, 6.45) is 9.80. The molecule has 5 heterocycles. The molecule has 61 heavy (non-hydrogen) atoms. The molecule has 0 bridgehead atoms. The third-order valence-corrected chi connectivity index (χ3v) is 16.6. The number of nitrogens with zero attached hydrogens (tertiary/aromatic N) is 3. The second-order valence-corrected chi connectivity index (χ2v) is 21.4. The highest BCUT2D eigenvalue weighted by Gasteiger charge is 2.66. The number of methoxy groups -OCH3 is 1. The number of hydrogen-bond acceptors (Lipinski definition) is 12. The van der Waals surface area contributed by atoms with Crippen molar-refractivity contribution < 1.29 is 38.1 Å². The highest BCUT2D eigenvalue weighted by atomic mass is 32.1. The van der Waals surface area contributed by atoms with Gasteiger partial charge < -0.3 is 40.0 Å². The van der Waals surface area contributed by atoms with Crippen molar-refractivity contribution >= 4 is 64.0 Å². The van der Waals surface area contributed by atoms with Crippen molar-refractivity contribution in [1.29, 1.82) is 0 Å². The van der Waals surface area contributed by atoms with E-state index in [1.54, 1.807) is 7.11 Å². The standard InChI is InChI=1S/C44H55N6O8PS2/c1-27(2)45-42-47-37(26-61-42)36-22-39(33-18-17-30(56-3)20-35(33)46-36)57-31-21-38-40(51)49-44(59(54,55)25-32-15-11-19-60-32)23-28(44)12-7-5-4-6-8-16-34(41(52)50(38)24-31)48-43(53)58-29-13-9-10-14-29/h7,11-12,15,17-20,22,26-29,31,34,38H,4-6,8-10,13-14,16,21,23-25H2,1-3H3,(H,45,47)(H,48,53)(H,49,51)(H,54,55)/b12-7-/t28-,31-,34?,38+,44+/m1/s1. The fraction of sp³-hybridized carbons (Fsp3) is 0.523. The van der Waals surface area contributed by atoms with Gasteiger partial charge >= 0.3 is 6.09 Å². The van der Waals surface area contributed by atoms with E-state index in [0.717, 1.165) is 55.0 Å².